The lowest BCUT2D eigenvalue weighted by atomic mass is 10.3. The lowest BCUT2D eigenvalue weighted by molar-refractivity contribution is 0.0992. The average Bonchev–Trinajstić information content (AvgIpc) is 3.27. The Morgan fingerprint density at radius 1 is 1.12 bits per heavy atom. The summed E-state index contributed by atoms with van der Waals surface area (Å²) in [5.41, 5.74) is 0.860. The molecule has 4 aromatic rings. The standard InChI is InChI=1S/C19H13IN2O3S/c20-12-5-7-13(8-6-12)24-11-14-9-10-16(25-14)18(23)22-19-21-15-3-1-2-4-17(15)26-19/h1-10H,11H2,(H,21,22,23). The Morgan fingerprint density at radius 2 is 1.92 bits per heavy atom. The smallest absolute Gasteiger partial charge is 0.293 e. The third kappa shape index (κ3) is 3.88. The first-order valence-corrected chi connectivity index (χ1v) is 9.71. The van der Waals surface area contributed by atoms with Gasteiger partial charge in [0.15, 0.2) is 10.9 Å². The predicted octanol–water partition coefficient (Wildman–Crippen LogP) is 5.33. The molecule has 5 nitrogen and oxygen atoms in total. The topological polar surface area (TPSA) is 64.4 Å². The van der Waals surface area contributed by atoms with Crippen molar-refractivity contribution in [3.8, 4) is 5.75 Å². The Balaban J connectivity index is 1.40. The summed E-state index contributed by atoms with van der Waals surface area (Å²) in [5, 5.41) is 3.32. The molecule has 0 bridgehead atoms. The first-order chi connectivity index (χ1) is 12.7. The number of ether oxygens (including phenoxy) is 1. The van der Waals surface area contributed by atoms with Gasteiger partial charge in [-0.1, -0.05) is 23.5 Å². The number of carbonyl (C=O) groups is 1. The van der Waals surface area contributed by atoms with E-state index in [1.165, 1.54) is 11.3 Å². The molecule has 2 heterocycles. The van der Waals surface area contributed by atoms with Gasteiger partial charge in [0.1, 0.15) is 18.1 Å². The molecule has 0 atom stereocenters. The van der Waals surface area contributed by atoms with Crippen LogP contribution in [0.3, 0.4) is 0 Å². The molecule has 7 heteroatoms. The van der Waals surface area contributed by atoms with Crippen molar-refractivity contribution >= 4 is 55.2 Å². The van der Waals surface area contributed by atoms with E-state index in [0.29, 0.717) is 10.9 Å². The number of hydrogen-bond donors (Lipinski definition) is 1. The van der Waals surface area contributed by atoms with Gasteiger partial charge in [0.2, 0.25) is 0 Å². The molecule has 0 aliphatic heterocycles. The normalized spacial score (nSPS) is 10.8. The second-order valence-electron chi connectivity index (χ2n) is 5.45. The van der Waals surface area contributed by atoms with Crippen molar-refractivity contribution in [2.75, 3.05) is 5.32 Å². The summed E-state index contributed by atoms with van der Waals surface area (Å²) in [6.07, 6.45) is 0. The van der Waals surface area contributed by atoms with Gasteiger partial charge in [-0.25, -0.2) is 4.98 Å². The highest BCUT2D eigenvalue weighted by Gasteiger charge is 2.14. The maximum Gasteiger partial charge on any atom is 0.293 e. The fourth-order valence-electron chi connectivity index (χ4n) is 2.35. The molecule has 0 unspecified atom stereocenters. The minimum absolute atomic E-state index is 0.227. The van der Waals surface area contributed by atoms with E-state index in [-0.39, 0.29) is 18.3 Å². The van der Waals surface area contributed by atoms with Gasteiger partial charge in [-0.05, 0) is 71.1 Å². The van der Waals surface area contributed by atoms with E-state index in [1.807, 2.05) is 48.5 Å². The summed E-state index contributed by atoms with van der Waals surface area (Å²) in [7, 11) is 0. The second kappa shape index (κ2) is 7.46. The molecular weight excluding hydrogens is 463 g/mol. The Bertz CT molecular complexity index is 1020. The molecule has 26 heavy (non-hydrogen) atoms. The highest BCUT2D eigenvalue weighted by Crippen LogP contribution is 2.26. The van der Waals surface area contributed by atoms with Crippen LogP contribution in [0.5, 0.6) is 5.75 Å². The van der Waals surface area contributed by atoms with Crippen molar-refractivity contribution in [2.45, 2.75) is 6.61 Å². The molecule has 2 aromatic heterocycles. The highest BCUT2D eigenvalue weighted by molar-refractivity contribution is 14.1. The molecule has 0 radical (unpaired) electrons. The third-order valence-electron chi connectivity index (χ3n) is 3.59. The van der Waals surface area contributed by atoms with Gasteiger partial charge >= 0.3 is 0 Å². The quantitative estimate of drug-likeness (QED) is 0.396. The number of thiazole rings is 1. The molecule has 4 rings (SSSR count). The molecule has 1 amide bonds. The minimum Gasteiger partial charge on any atom is -0.486 e. The third-order valence-corrected chi connectivity index (χ3v) is 5.27. The molecule has 0 saturated heterocycles. The van der Waals surface area contributed by atoms with Gasteiger partial charge in [0.25, 0.3) is 5.91 Å². The van der Waals surface area contributed by atoms with Gasteiger partial charge in [-0.3, -0.25) is 10.1 Å². The second-order valence-corrected chi connectivity index (χ2v) is 7.73. The van der Waals surface area contributed by atoms with Crippen LogP contribution in [-0.2, 0) is 6.61 Å². The number of hydrogen-bond acceptors (Lipinski definition) is 5. The van der Waals surface area contributed by atoms with Crippen molar-refractivity contribution < 1.29 is 13.9 Å². The molecule has 0 aliphatic carbocycles. The Morgan fingerprint density at radius 3 is 2.73 bits per heavy atom. The molecule has 1 N–H and O–H groups in total. The van der Waals surface area contributed by atoms with Crippen molar-refractivity contribution in [2.24, 2.45) is 0 Å². The van der Waals surface area contributed by atoms with Crippen LogP contribution in [0.15, 0.2) is 65.1 Å². The first kappa shape index (κ1) is 17.0. The Labute approximate surface area is 167 Å². The van der Waals surface area contributed by atoms with Gasteiger partial charge < -0.3 is 9.15 Å². The molecular formula is C19H13IN2O3S. The number of anilines is 1. The van der Waals surface area contributed by atoms with E-state index >= 15 is 0 Å². The average molecular weight is 476 g/mol. The zero-order valence-corrected chi connectivity index (χ0v) is 16.4. The highest BCUT2D eigenvalue weighted by atomic mass is 127. The number of furan rings is 1. The van der Waals surface area contributed by atoms with Gasteiger partial charge in [0, 0.05) is 3.57 Å². The minimum atomic E-state index is -0.329. The van der Waals surface area contributed by atoms with E-state index in [1.54, 1.807) is 12.1 Å². The maximum atomic E-state index is 12.3. The van der Waals surface area contributed by atoms with Gasteiger partial charge in [-0.15, -0.1) is 0 Å². The number of rotatable bonds is 5. The van der Waals surface area contributed by atoms with Crippen LogP contribution in [0.4, 0.5) is 5.13 Å². The van der Waals surface area contributed by atoms with Crippen molar-refractivity contribution in [1.82, 2.24) is 4.98 Å². The van der Waals surface area contributed by atoms with Crippen LogP contribution in [0, 0.1) is 3.57 Å². The lowest BCUT2D eigenvalue weighted by Gasteiger charge is -2.04. The van der Waals surface area contributed by atoms with E-state index in [0.717, 1.165) is 19.5 Å². The fourth-order valence-corrected chi connectivity index (χ4v) is 3.57. The number of carbonyl (C=O) groups excluding carboxylic acids is 1. The SMILES string of the molecule is O=C(Nc1nc2ccccc2s1)c1ccc(COc2ccc(I)cc2)o1. The monoisotopic (exact) mass is 476 g/mol. The molecule has 0 spiro atoms. The van der Waals surface area contributed by atoms with Gasteiger partial charge in [0.05, 0.1) is 10.2 Å². The van der Waals surface area contributed by atoms with Crippen LogP contribution in [0.25, 0.3) is 10.2 Å². The van der Waals surface area contributed by atoms with Crippen LogP contribution in [0.1, 0.15) is 16.3 Å². The lowest BCUT2D eigenvalue weighted by Crippen LogP contribution is -2.10. The van der Waals surface area contributed by atoms with E-state index in [2.05, 4.69) is 32.9 Å². The number of nitrogens with one attached hydrogen (secondary N) is 1. The summed E-state index contributed by atoms with van der Waals surface area (Å²) in [6.45, 7) is 0.259. The summed E-state index contributed by atoms with van der Waals surface area (Å²) in [4.78, 5) is 16.7. The number of amides is 1. The van der Waals surface area contributed by atoms with Crippen LogP contribution in [0.2, 0.25) is 0 Å². The fraction of sp³-hybridized carbons (Fsp3) is 0.0526. The molecule has 0 saturated carbocycles. The Hall–Kier alpha value is -2.39. The summed E-state index contributed by atoms with van der Waals surface area (Å²) in [6, 6.07) is 18.8. The molecule has 2 aromatic carbocycles. The molecule has 130 valence electrons. The summed E-state index contributed by atoms with van der Waals surface area (Å²) in [5.74, 6) is 1.23. The number of para-hydroxylation sites is 1. The molecule has 0 aliphatic rings. The molecule has 0 fully saturated rings. The number of benzene rings is 2. The summed E-state index contributed by atoms with van der Waals surface area (Å²) < 4.78 is 13.4. The number of nitrogens with zero attached hydrogens (tertiary/aromatic N) is 1. The van der Waals surface area contributed by atoms with Crippen LogP contribution in [-0.4, -0.2) is 10.9 Å². The predicted molar refractivity (Wildman–Crippen MR) is 110 cm³/mol. The van der Waals surface area contributed by atoms with E-state index in [9.17, 15) is 4.79 Å². The van der Waals surface area contributed by atoms with Crippen LogP contribution >= 0.6 is 33.9 Å². The first-order valence-electron chi connectivity index (χ1n) is 7.81. The summed E-state index contributed by atoms with van der Waals surface area (Å²) >= 11 is 3.66. The van der Waals surface area contributed by atoms with Crippen molar-refractivity contribution in [3.63, 3.8) is 0 Å². The van der Waals surface area contributed by atoms with Crippen molar-refractivity contribution in [1.29, 1.82) is 0 Å². The Kier molecular flexibility index (Phi) is 4.89. The zero-order valence-electron chi connectivity index (χ0n) is 13.4. The maximum absolute atomic E-state index is 12.3. The number of aromatic nitrogens is 1. The largest absolute Gasteiger partial charge is 0.486 e. The van der Waals surface area contributed by atoms with Crippen LogP contribution < -0.4 is 10.1 Å². The van der Waals surface area contributed by atoms with Gasteiger partial charge in [-0.2, -0.15) is 0 Å². The number of fused-ring (bicyclic) bond motifs is 1. The number of halogens is 1. The van der Waals surface area contributed by atoms with Crippen molar-refractivity contribution in [3.05, 3.63) is 75.8 Å². The van der Waals surface area contributed by atoms with E-state index in [4.69, 9.17) is 9.15 Å². The van der Waals surface area contributed by atoms with E-state index < -0.39 is 0 Å². The zero-order chi connectivity index (χ0) is 17.9.